The van der Waals surface area contributed by atoms with Gasteiger partial charge in [-0.25, -0.2) is 9.59 Å². The third-order valence-electron chi connectivity index (χ3n) is 7.06. The molecule has 0 unspecified atom stereocenters. The van der Waals surface area contributed by atoms with Gasteiger partial charge in [0, 0.05) is 42.0 Å². The van der Waals surface area contributed by atoms with Crippen molar-refractivity contribution in [3.8, 4) is 11.1 Å². The fourth-order valence-electron chi connectivity index (χ4n) is 4.92. The Morgan fingerprint density at radius 1 is 0.895 bits per heavy atom. The second-order valence-electron chi connectivity index (χ2n) is 9.17. The maximum absolute atomic E-state index is 13.5. The molecule has 0 atom stereocenters. The van der Waals surface area contributed by atoms with Gasteiger partial charge in [0.25, 0.3) is 0 Å². The van der Waals surface area contributed by atoms with Crippen molar-refractivity contribution in [3.63, 3.8) is 0 Å². The van der Waals surface area contributed by atoms with Gasteiger partial charge in [0.15, 0.2) is 5.78 Å². The molecule has 2 aromatic rings. The first-order valence-corrected chi connectivity index (χ1v) is 13.1. The van der Waals surface area contributed by atoms with Crippen molar-refractivity contribution in [1.29, 1.82) is 0 Å². The van der Waals surface area contributed by atoms with Gasteiger partial charge in [-0.15, -0.1) is 0 Å². The SMILES string of the molecule is CCC(=O)ON=CCCC(=O)c1ccc2c(c1)C(CC)(CC)c1c(C(=O)C(C)=NOC(=O)CC)cccc1-2. The van der Waals surface area contributed by atoms with E-state index in [-0.39, 0.29) is 36.5 Å². The summed E-state index contributed by atoms with van der Waals surface area (Å²) in [5, 5.41) is 7.39. The molecule has 200 valence electrons. The molecule has 0 heterocycles. The minimum Gasteiger partial charge on any atom is -0.319 e. The number of oxime groups is 2. The summed E-state index contributed by atoms with van der Waals surface area (Å²) in [7, 11) is 0. The van der Waals surface area contributed by atoms with Gasteiger partial charge in [0.05, 0.1) is 0 Å². The van der Waals surface area contributed by atoms with Crippen molar-refractivity contribution in [2.45, 2.75) is 78.6 Å². The Labute approximate surface area is 223 Å². The minimum atomic E-state index is -0.509. The molecule has 2 aromatic carbocycles. The summed E-state index contributed by atoms with van der Waals surface area (Å²) in [5.74, 6) is -1.29. The molecule has 0 aromatic heterocycles. The van der Waals surface area contributed by atoms with Gasteiger partial charge in [-0.05, 0) is 54.5 Å². The van der Waals surface area contributed by atoms with Crippen LogP contribution < -0.4 is 0 Å². The van der Waals surface area contributed by atoms with Gasteiger partial charge >= 0.3 is 11.9 Å². The first-order valence-electron chi connectivity index (χ1n) is 13.1. The smallest absolute Gasteiger partial charge is 0.319 e. The molecule has 0 N–H and O–H groups in total. The number of nitrogens with zero attached hydrogens (tertiary/aromatic N) is 2. The van der Waals surface area contributed by atoms with Crippen LogP contribution >= 0.6 is 0 Å². The maximum atomic E-state index is 13.5. The van der Waals surface area contributed by atoms with Gasteiger partial charge in [0.1, 0.15) is 5.71 Å². The molecule has 0 amide bonds. The Morgan fingerprint density at radius 2 is 1.58 bits per heavy atom. The zero-order chi connectivity index (χ0) is 27.9. The lowest BCUT2D eigenvalue weighted by atomic mass is 9.71. The molecule has 8 nitrogen and oxygen atoms in total. The van der Waals surface area contributed by atoms with Crippen molar-refractivity contribution in [1.82, 2.24) is 0 Å². The molecule has 0 aliphatic heterocycles. The maximum Gasteiger partial charge on any atom is 0.334 e. The fourth-order valence-corrected chi connectivity index (χ4v) is 4.92. The average Bonchev–Trinajstić information content (AvgIpc) is 3.24. The molecule has 0 bridgehead atoms. The van der Waals surface area contributed by atoms with E-state index in [2.05, 4.69) is 29.0 Å². The van der Waals surface area contributed by atoms with Crippen LogP contribution in [-0.4, -0.2) is 35.4 Å². The molecule has 0 saturated heterocycles. The van der Waals surface area contributed by atoms with Crippen LogP contribution in [0.3, 0.4) is 0 Å². The summed E-state index contributed by atoms with van der Waals surface area (Å²) in [5.41, 5.74) is 4.60. The standard InChI is InChI=1S/C30H34N2O6/c1-6-26(34)37-31-17-11-14-25(33)20-15-16-21-22-12-10-13-23(29(36)19(5)32-38-27(35)7-2)28(22)30(8-3,9-4)24(21)18-20/h10,12-13,15-18H,6-9,11,14H2,1-5H3. The molecule has 3 rings (SSSR count). The van der Waals surface area contributed by atoms with Crippen molar-refractivity contribution >= 4 is 35.4 Å². The number of rotatable bonds is 12. The lowest BCUT2D eigenvalue weighted by molar-refractivity contribution is -0.144. The van der Waals surface area contributed by atoms with Crippen molar-refractivity contribution in [2.75, 3.05) is 0 Å². The number of ketones is 2. The van der Waals surface area contributed by atoms with E-state index in [1.165, 1.54) is 13.1 Å². The average molecular weight is 519 g/mol. The van der Waals surface area contributed by atoms with E-state index in [9.17, 15) is 19.2 Å². The molecule has 1 aliphatic carbocycles. The highest BCUT2D eigenvalue weighted by Crippen LogP contribution is 2.54. The number of Topliss-reactive ketones (excluding diaryl/α,β-unsaturated/α-hetero) is 2. The van der Waals surface area contributed by atoms with Crippen LogP contribution in [0, 0.1) is 0 Å². The van der Waals surface area contributed by atoms with Crippen LogP contribution in [0.2, 0.25) is 0 Å². The van der Waals surface area contributed by atoms with Gasteiger partial charge in [-0.3, -0.25) is 9.59 Å². The van der Waals surface area contributed by atoms with E-state index in [4.69, 9.17) is 4.84 Å². The van der Waals surface area contributed by atoms with Crippen LogP contribution in [0.4, 0.5) is 0 Å². The highest BCUT2D eigenvalue weighted by atomic mass is 16.7. The molecule has 0 radical (unpaired) electrons. The van der Waals surface area contributed by atoms with E-state index in [0.29, 0.717) is 17.5 Å². The highest BCUT2D eigenvalue weighted by Gasteiger charge is 2.43. The Hall–Kier alpha value is -3.94. The Balaban J connectivity index is 1.95. The molecule has 8 heteroatoms. The lowest BCUT2D eigenvalue weighted by Gasteiger charge is -2.31. The molecule has 0 saturated carbocycles. The summed E-state index contributed by atoms with van der Waals surface area (Å²) < 4.78 is 0. The van der Waals surface area contributed by atoms with Crippen LogP contribution in [-0.2, 0) is 24.7 Å². The quantitative estimate of drug-likeness (QED) is 0.143. The van der Waals surface area contributed by atoms with Gasteiger partial charge in [-0.2, -0.15) is 0 Å². The first-order chi connectivity index (χ1) is 18.2. The van der Waals surface area contributed by atoms with Crippen molar-refractivity contribution < 1.29 is 28.9 Å². The van der Waals surface area contributed by atoms with E-state index >= 15 is 0 Å². The summed E-state index contributed by atoms with van der Waals surface area (Å²) in [6.07, 6.45) is 3.84. The number of hydrogen-bond acceptors (Lipinski definition) is 8. The first kappa shape index (κ1) is 28.6. The molecular formula is C30H34N2O6. The summed E-state index contributed by atoms with van der Waals surface area (Å²) in [6.45, 7) is 9.03. The second-order valence-corrected chi connectivity index (χ2v) is 9.17. The van der Waals surface area contributed by atoms with E-state index in [1.807, 2.05) is 30.3 Å². The van der Waals surface area contributed by atoms with Crippen molar-refractivity contribution in [3.05, 3.63) is 58.7 Å². The van der Waals surface area contributed by atoms with Crippen molar-refractivity contribution in [2.24, 2.45) is 10.3 Å². The number of carbonyl (C=O) groups is 4. The molecule has 38 heavy (non-hydrogen) atoms. The predicted molar refractivity (Wildman–Crippen MR) is 146 cm³/mol. The molecule has 0 fully saturated rings. The van der Waals surface area contributed by atoms with Gasteiger partial charge < -0.3 is 9.68 Å². The monoisotopic (exact) mass is 518 g/mol. The van der Waals surface area contributed by atoms with Crippen LogP contribution in [0.25, 0.3) is 11.1 Å². The summed E-state index contributed by atoms with van der Waals surface area (Å²) in [4.78, 5) is 58.7. The van der Waals surface area contributed by atoms with Gasteiger partial charge in [0.2, 0.25) is 5.78 Å². The zero-order valence-electron chi connectivity index (χ0n) is 22.6. The van der Waals surface area contributed by atoms with Crippen LogP contribution in [0.5, 0.6) is 0 Å². The third-order valence-corrected chi connectivity index (χ3v) is 7.06. The topological polar surface area (TPSA) is 111 Å². The number of fused-ring (bicyclic) bond motifs is 3. The lowest BCUT2D eigenvalue weighted by Crippen LogP contribution is -2.27. The highest BCUT2D eigenvalue weighted by molar-refractivity contribution is 6.45. The molecule has 0 spiro atoms. The fraction of sp³-hybridized carbons (Fsp3) is 0.400. The molecule has 1 aliphatic rings. The number of hydrogen-bond donors (Lipinski definition) is 0. The normalized spacial score (nSPS) is 13.7. The Morgan fingerprint density at radius 3 is 2.24 bits per heavy atom. The van der Waals surface area contributed by atoms with Gasteiger partial charge in [-0.1, -0.05) is 68.3 Å². The Kier molecular flexibility index (Phi) is 9.45. The molecular weight excluding hydrogens is 484 g/mol. The van der Waals surface area contributed by atoms with Crippen LogP contribution in [0.15, 0.2) is 46.7 Å². The number of carbonyl (C=O) groups excluding carboxylic acids is 4. The van der Waals surface area contributed by atoms with Crippen LogP contribution in [0.1, 0.15) is 105 Å². The summed E-state index contributed by atoms with van der Waals surface area (Å²) in [6, 6.07) is 11.3. The zero-order valence-corrected chi connectivity index (χ0v) is 22.6. The largest absolute Gasteiger partial charge is 0.334 e. The predicted octanol–water partition coefficient (Wildman–Crippen LogP) is 6.19. The minimum absolute atomic E-state index is 0.0462. The second kappa shape index (κ2) is 12.5. The third kappa shape index (κ3) is 5.64. The van der Waals surface area contributed by atoms with E-state index in [0.717, 1.165) is 35.1 Å². The summed E-state index contributed by atoms with van der Waals surface area (Å²) >= 11 is 0. The Bertz CT molecular complexity index is 1300. The van der Waals surface area contributed by atoms with E-state index in [1.54, 1.807) is 19.9 Å². The number of benzene rings is 2. The van der Waals surface area contributed by atoms with E-state index < -0.39 is 17.4 Å².